The molecule has 0 atom stereocenters. The summed E-state index contributed by atoms with van der Waals surface area (Å²) in [6.45, 7) is 5.60. The van der Waals surface area contributed by atoms with E-state index in [-0.39, 0.29) is 12.4 Å². The van der Waals surface area contributed by atoms with Crippen LogP contribution in [-0.2, 0) is 21.2 Å². The normalized spacial score (nSPS) is 11.2. The van der Waals surface area contributed by atoms with E-state index in [1.165, 1.54) is 0 Å². The first-order valence-electron chi connectivity index (χ1n) is 7.24. The lowest BCUT2D eigenvalue weighted by Crippen LogP contribution is -2.38. The summed E-state index contributed by atoms with van der Waals surface area (Å²) >= 11 is 0. The van der Waals surface area contributed by atoms with E-state index < -0.39 is 16.1 Å². The summed E-state index contributed by atoms with van der Waals surface area (Å²) < 4.78 is 30.2. The van der Waals surface area contributed by atoms with Crippen LogP contribution in [0.3, 0.4) is 0 Å². The number of sulfonamides is 1. The second-order valence-corrected chi connectivity index (χ2v) is 6.63. The molecule has 118 valence electrons. The van der Waals surface area contributed by atoms with Gasteiger partial charge in [0.05, 0.1) is 18.0 Å². The molecule has 0 fully saturated rings. The highest BCUT2D eigenvalue weighted by atomic mass is 32.2. The first-order valence-corrected chi connectivity index (χ1v) is 8.85. The Kier molecular flexibility index (Phi) is 6.68. The zero-order valence-corrected chi connectivity index (χ0v) is 13.6. The average Bonchev–Trinajstić information content (AvgIpc) is 2.41. The minimum Gasteiger partial charge on any atom is -0.449 e. The van der Waals surface area contributed by atoms with Crippen molar-refractivity contribution in [3.8, 4) is 0 Å². The van der Waals surface area contributed by atoms with Crippen LogP contribution in [-0.4, -0.2) is 26.9 Å². The Morgan fingerprint density at radius 3 is 2.19 bits per heavy atom. The van der Waals surface area contributed by atoms with Crippen molar-refractivity contribution in [2.45, 2.75) is 40.0 Å². The van der Waals surface area contributed by atoms with E-state index in [0.717, 1.165) is 22.7 Å². The molecule has 0 unspecified atom stereocenters. The number of hydrogen-bond acceptors (Lipinski definition) is 4. The molecule has 1 aromatic carbocycles. The molecule has 21 heavy (non-hydrogen) atoms. The second kappa shape index (κ2) is 8.02. The summed E-state index contributed by atoms with van der Waals surface area (Å²) in [5.74, 6) is -0.0947. The van der Waals surface area contributed by atoms with Crippen molar-refractivity contribution in [1.29, 1.82) is 0 Å². The Hall–Kier alpha value is -1.56. The second-order valence-electron chi connectivity index (χ2n) is 4.70. The Labute approximate surface area is 127 Å². The first kappa shape index (κ1) is 17.5. The lowest BCUT2D eigenvalue weighted by Gasteiger charge is -2.21. The Balaban J connectivity index is 3.14. The van der Waals surface area contributed by atoms with Crippen LogP contribution >= 0.6 is 0 Å². The van der Waals surface area contributed by atoms with Crippen molar-refractivity contribution >= 4 is 21.8 Å². The summed E-state index contributed by atoms with van der Waals surface area (Å²) in [5, 5.41) is 0. The molecule has 0 saturated carbocycles. The number of carbonyl (C=O) groups excluding carboxylic acids is 1. The van der Waals surface area contributed by atoms with Crippen molar-refractivity contribution < 1.29 is 17.9 Å². The smallest absolute Gasteiger partial charge is 0.428 e. The van der Waals surface area contributed by atoms with Crippen LogP contribution in [0.4, 0.5) is 10.5 Å². The first-order chi connectivity index (χ1) is 9.96. The maximum Gasteiger partial charge on any atom is 0.428 e. The molecule has 1 amide bonds. The standard InChI is InChI=1S/C15H23NO4S/c1-4-7-13-8-10-14(11-9-13)16(15(17)20-6-3)21(18,19)12-5-2/h8-11H,4-7,12H2,1-3H3. The topological polar surface area (TPSA) is 63.7 Å². The van der Waals surface area contributed by atoms with Gasteiger partial charge in [0, 0.05) is 0 Å². The van der Waals surface area contributed by atoms with Crippen molar-refractivity contribution in [3.63, 3.8) is 0 Å². The van der Waals surface area contributed by atoms with Crippen LogP contribution in [0.5, 0.6) is 0 Å². The van der Waals surface area contributed by atoms with Crippen LogP contribution in [0.25, 0.3) is 0 Å². The lowest BCUT2D eigenvalue weighted by molar-refractivity contribution is 0.164. The zero-order chi connectivity index (χ0) is 15.9. The Bertz CT molecular complexity index is 552. The number of anilines is 1. The maximum atomic E-state index is 12.3. The molecule has 0 aliphatic carbocycles. The van der Waals surface area contributed by atoms with Crippen molar-refractivity contribution in [1.82, 2.24) is 0 Å². The molecule has 0 bridgehead atoms. The van der Waals surface area contributed by atoms with E-state index in [1.807, 2.05) is 12.1 Å². The number of ether oxygens (including phenoxy) is 1. The third-order valence-corrected chi connectivity index (χ3v) is 4.72. The molecule has 0 aliphatic rings. The number of aryl methyl sites for hydroxylation is 1. The molecule has 5 nitrogen and oxygen atoms in total. The van der Waals surface area contributed by atoms with Crippen LogP contribution in [0, 0.1) is 0 Å². The highest BCUT2D eigenvalue weighted by molar-refractivity contribution is 7.93. The number of carbonyl (C=O) groups is 1. The summed E-state index contributed by atoms with van der Waals surface area (Å²) in [5.41, 5.74) is 1.43. The number of benzene rings is 1. The number of hydrogen-bond donors (Lipinski definition) is 0. The Morgan fingerprint density at radius 2 is 1.71 bits per heavy atom. The minimum atomic E-state index is -3.71. The molecule has 0 spiro atoms. The SMILES string of the molecule is CCCc1ccc(N(C(=O)OCC)S(=O)(=O)CCC)cc1. The lowest BCUT2D eigenvalue weighted by atomic mass is 10.1. The van der Waals surface area contributed by atoms with E-state index in [2.05, 4.69) is 6.92 Å². The molecule has 0 radical (unpaired) electrons. The summed E-state index contributed by atoms with van der Waals surface area (Å²) in [7, 11) is -3.71. The van der Waals surface area contributed by atoms with E-state index >= 15 is 0 Å². The molecule has 1 aromatic rings. The predicted octanol–water partition coefficient (Wildman–Crippen LogP) is 3.34. The molecular formula is C15H23NO4S. The fourth-order valence-corrected chi connectivity index (χ4v) is 3.42. The van der Waals surface area contributed by atoms with Crippen molar-refractivity contribution in [3.05, 3.63) is 29.8 Å². The van der Waals surface area contributed by atoms with E-state index in [1.54, 1.807) is 26.0 Å². The third kappa shape index (κ3) is 4.74. The monoisotopic (exact) mass is 313 g/mol. The average molecular weight is 313 g/mol. The van der Waals surface area contributed by atoms with Gasteiger partial charge >= 0.3 is 6.09 Å². The fourth-order valence-electron chi connectivity index (χ4n) is 2.00. The quantitative estimate of drug-likeness (QED) is 0.774. The Morgan fingerprint density at radius 1 is 1.10 bits per heavy atom. The molecule has 0 saturated heterocycles. The van der Waals surface area contributed by atoms with Gasteiger partial charge in [0.2, 0.25) is 10.0 Å². The van der Waals surface area contributed by atoms with Gasteiger partial charge in [0.1, 0.15) is 0 Å². The van der Waals surface area contributed by atoms with E-state index in [4.69, 9.17) is 4.74 Å². The molecule has 1 rings (SSSR count). The maximum absolute atomic E-state index is 12.3. The van der Waals surface area contributed by atoms with Gasteiger partial charge in [-0.05, 0) is 37.5 Å². The van der Waals surface area contributed by atoms with Gasteiger partial charge in [0.15, 0.2) is 0 Å². The van der Waals surface area contributed by atoms with Gasteiger partial charge in [-0.2, -0.15) is 4.31 Å². The molecule has 0 aromatic heterocycles. The molecule has 0 heterocycles. The van der Waals surface area contributed by atoms with Crippen molar-refractivity contribution in [2.75, 3.05) is 16.7 Å². The van der Waals surface area contributed by atoms with Crippen LogP contribution < -0.4 is 4.31 Å². The van der Waals surface area contributed by atoms with E-state index in [0.29, 0.717) is 12.1 Å². The predicted molar refractivity (Wildman–Crippen MR) is 84.0 cm³/mol. The highest BCUT2D eigenvalue weighted by Crippen LogP contribution is 2.21. The number of amides is 1. The number of nitrogens with zero attached hydrogens (tertiary/aromatic N) is 1. The third-order valence-electron chi connectivity index (χ3n) is 2.88. The summed E-state index contributed by atoms with van der Waals surface area (Å²) in [6, 6.07) is 6.98. The van der Waals surface area contributed by atoms with Crippen LogP contribution in [0.15, 0.2) is 24.3 Å². The van der Waals surface area contributed by atoms with Gasteiger partial charge in [-0.15, -0.1) is 0 Å². The minimum absolute atomic E-state index is 0.0947. The summed E-state index contributed by atoms with van der Waals surface area (Å²) in [4.78, 5) is 12.0. The molecule has 0 aliphatic heterocycles. The van der Waals surface area contributed by atoms with Gasteiger partial charge < -0.3 is 4.74 Å². The molecular weight excluding hydrogens is 290 g/mol. The van der Waals surface area contributed by atoms with Gasteiger partial charge in [0.25, 0.3) is 0 Å². The van der Waals surface area contributed by atoms with Gasteiger partial charge in [-0.3, -0.25) is 0 Å². The van der Waals surface area contributed by atoms with Crippen LogP contribution in [0.2, 0.25) is 0 Å². The van der Waals surface area contributed by atoms with Crippen LogP contribution in [0.1, 0.15) is 39.2 Å². The summed E-state index contributed by atoms with van der Waals surface area (Å²) in [6.07, 6.45) is 1.51. The fraction of sp³-hybridized carbons (Fsp3) is 0.533. The highest BCUT2D eigenvalue weighted by Gasteiger charge is 2.29. The number of rotatable bonds is 7. The molecule has 0 N–H and O–H groups in total. The zero-order valence-electron chi connectivity index (χ0n) is 12.8. The van der Waals surface area contributed by atoms with Crippen molar-refractivity contribution in [2.24, 2.45) is 0 Å². The van der Waals surface area contributed by atoms with Gasteiger partial charge in [-0.25, -0.2) is 13.2 Å². The van der Waals surface area contributed by atoms with E-state index in [9.17, 15) is 13.2 Å². The molecule has 6 heteroatoms. The largest absolute Gasteiger partial charge is 0.449 e. The van der Waals surface area contributed by atoms with Gasteiger partial charge in [-0.1, -0.05) is 32.4 Å².